The summed E-state index contributed by atoms with van der Waals surface area (Å²) >= 11 is 0. The number of nitrogens with zero attached hydrogens (tertiary/aromatic N) is 5. The Morgan fingerprint density at radius 1 is 1.36 bits per heavy atom. The van der Waals surface area contributed by atoms with Crippen molar-refractivity contribution in [1.82, 2.24) is 29.5 Å². The number of aromatic amines is 1. The second-order valence-corrected chi connectivity index (χ2v) is 7.49. The smallest absolute Gasteiger partial charge is 0.410 e. The SMILES string of the molecule is CC(C)(C)OC(=O)N1CCC[C@@H](c2nnc3cnc4[nH]ccc4n23)C1. The minimum Gasteiger partial charge on any atom is -0.444 e. The van der Waals surface area contributed by atoms with Gasteiger partial charge >= 0.3 is 6.09 Å². The molecule has 0 aromatic carbocycles. The minimum atomic E-state index is -0.492. The van der Waals surface area contributed by atoms with Crippen LogP contribution in [0.1, 0.15) is 45.4 Å². The van der Waals surface area contributed by atoms with Crippen molar-refractivity contribution in [2.75, 3.05) is 13.1 Å². The van der Waals surface area contributed by atoms with Gasteiger partial charge in [-0.1, -0.05) is 0 Å². The van der Waals surface area contributed by atoms with Crippen LogP contribution in [-0.2, 0) is 4.74 Å². The van der Waals surface area contributed by atoms with E-state index in [9.17, 15) is 4.79 Å². The molecule has 0 unspecified atom stereocenters. The van der Waals surface area contributed by atoms with Gasteiger partial charge in [0.15, 0.2) is 11.3 Å². The molecule has 25 heavy (non-hydrogen) atoms. The molecule has 132 valence electrons. The van der Waals surface area contributed by atoms with E-state index >= 15 is 0 Å². The van der Waals surface area contributed by atoms with E-state index in [0.29, 0.717) is 13.1 Å². The van der Waals surface area contributed by atoms with Gasteiger partial charge in [0.2, 0.25) is 0 Å². The number of aromatic nitrogens is 5. The highest BCUT2D eigenvalue weighted by Gasteiger charge is 2.31. The molecular weight excluding hydrogens is 320 g/mol. The Morgan fingerprint density at radius 3 is 3.00 bits per heavy atom. The predicted molar refractivity (Wildman–Crippen MR) is 92.4 cm³/mol. The topological polar surface area (TPSA) is 88.4 Å². The van der Waals surface area contributed by atoms with Crippen molar-refractivity contribution in [3.8, 4) is 0 Å². The first-order valence-corrected chi connectivity index (χ1v) is 8.57. The van der Waals surface area contributed by atoms with Crippen LogP contribution in [0.3, 0.4) is 0 Å². The van der Waals surface area contributed by atoms with Crippen LogP contribution < -0.4 is 0 Å². The third kappa shape index (κ3) is 2.92. The van der Waals surface area contributed by atoms with E-state index < -0.39 is 5.60 Å². The third-order valence-corrected chi connectivity index (χ3v) is 4.41. The number of rotatable bonds is 1. The van der Waals surface area contributed by atoms with Gasteiger partial charge in [0.05, 0.1) is 11.7 Å². The van der Waals surface area contributed by atoms with Crippen LogP contribution in [0.5, 0.6) is 0 Å². The zero-order chi connectivity index (χ0) is 17.6. The second kappa shape index (κ2) is 5.72. The Bertz CT molecular complexity index is 922. The molecule has 1 amide bonds. The van der Waals surface area contributed by atoms with Crippen molar-refractivity contribution >= 4 is 22.9 Å². The zero-order valence-corrected chi connectivity index (χ0v) is 14.7. The number of amides is 1. The van der Waals surface area contributed by atoms with Gasteiger partial charge in [0.1, 0.15) is 11.4 Å². The van der Waals surface area contributed by atoms with Crippen LogP contribution in [0.25, 0.3) is 16.8 Å². The number of hydrogen-bond donors (Lipinski definition) is 1. The number of nitrogens with one attached hydrogen (secondary N) is 1. The molecule has 0 radical (unpaired) electrons. The molecule has 0 saturated carbocycles. The summed E-state index contributed by atoms with van der Waals surface area (Å²) in [6.45, 7) is 6.95. The molecule has 1 atom stereocenters. The molecule has 8 heteroatoms. The number of H-pyrrole nitrogens is 1. The van der Waals surface area contributed by atoms with Gasteiger partial charge in [0, 0.05) is 25.2 Å². The molecule has 0 spiro atoms. The summed E-state index contributed by atoms with van der Waals surface area (Å²) in [5.74, 6) is 0.993. The molecule has 3 aromatic heterocycles. The summed E-state index contributed by atoms with van der Waals surface area (Å²) in [5.41, 5.74) is 1.98. The normalized spacial score (nSPS) is 18.8. The molecule has 1 aliphatic heterocycles. The number of hydrogen-bond acceptors (Lipinski definition) is 5. The summed E-state index contributed by atoms with van der Waals surface area (Å²) in [4.78, 5) is 21.6. The summed E-state index contributed by atoms with van der Waals surface area (Å²) in [6, 6.07) is 1.97. The van der Waals surface area contributed by atoms with Crippen LogP contribution in [0, 0.1) is 0 Å². The minimum absolute atomic E-state index is 0.122. The fourth-order valence-corrected chi connectivity index (χ4v) is 3.34. The fourth-order valence-electron chi connectivity index (χ4n) is 3.34. The number of piperidine rings is 1. The zero-order valence-electron chi connectivity index (χ0n) is 14.7. The van der Waals surface area contributed by atoms with E-state index in [0.717, 1.165) is 35.5 Å². The summed E-state index contributed by atoms with van der Waals surface area (Å²) in [6.07, 6.45) is 5.19. The Hall–Kier alpha value is -2.64. The Labute approximate surface area is 145 Å². The average Bonchev–Trinajstić information content (AvgIpc) is 3.19. The largest absolute Gasteiger partial charge is 0.444 e. The molecule has 8 nitrogen and oxygen atoms in total. The lowest BCUT2D eigenvalue weighted by molar-refractivity contribution is 0.0195. The molecule has 0 bridgehead atoms. The van der Waals surface area contributed by atoms with Gasteiger partial charge in [-0.3, -0.25) is 4.40 Å². The molecule has 0 aliphatic carbocycles. The quantitative estimate of drug-likeness (QED) is 0.734. The number of ether oxygens (including phenoxy) is 1. The Morgan fingerprint density at radius 2 is 2.20 bits per heavy atom. The van der Waals surface area contributed by atoms with Gasteiger partial charge in [-0.2, -0.15) is 0 Å². The molecule has 4 rings (SSSR count). The maximum atomic E-state index is 12.4. The van der Waals surface area contributed by atoms with Crippen molar-refractivity contribution in [1.29, 1.82) is 0 Å². The number of fused-ring (bicyclic) bond motifs is 3. The highest BCUT2D eigenvalue weighted by Crippen LogP contribution is 2.28. The standard InChI is InChI=1S/C17H22N6O2/c1-17(2,3)25-16(24)22-8-4-5-11(10-22)15-21-20-13-9-19-14-12(23(13)15)6-7-18-14/h6-7,9,11,18H,4-5,8,10H2,1-3H3/t11-/m1/s1. The lowest BCUT2D eigenvalue weighted by atomic mass is 9.97. The number of carbonyl (C=O) groups is 1. The van der Waals surface area contributed by atoms with E-state index in [1.165, 1.54) is 0 Å². The first-order chi connectivity index (χ1) is 11.9. The number of likely N-dealkylation sites (tertiary alicyclic amines) is 1. The summed E-state index contributed by atoms with van der Waals surface area (Å²) in [7, 11) is 0. The van der Waals surface area contributed by atoms with Gasteiger partial charge in [-0.15, -0.1) is 10.2 Å². The third-order valence-electron chi connectivity index (χ3n) is 4.41. The number of carbonyl (C=O) groups excluding carboxylic acids is 1. The van der Waals surface area contributed by atoms with Crippen LogP contribution >= 0.6 is 0 Å². The summed E-state index contributed by atoms with van der Waals surface area (Å²) < 4.78 is 7.55. The van der Waals surface area contributed by atoms with Crippen LogP contribution in [0.15, 0.2) is 18.5 Å². The van der Waals surface area contributed by atoms with Crippen LogP contribution in [0.4, 0.5) is 4.79 Å². The predicted octanol–water partition coefficient (Wildman–Crippen LogP) is 2.72. The second-order valence-electron chi connectivity index (χ2n) is 7.49. The van der Waals surface area contributed by atoms with Crippen LogP contribution in [0.2, 0.25) is 0 Å². The first kappa shape index (κ1) is 15.9. The Balaban J connectivity index is 1.65. The average molecular weight is 342 g/mol. The lowest BCUT2D eigenvalue weighted by Crippen LogP contribution is -2.42. The monoisotopic (exact) mass is 342 g/mol. The van der Waals surface area contributed by atoms with Crippen molar-refractivity contribution in [3.05, 3.63) is 24.3 Å². The van der Waals surface area contributed by atoms with Gasteiger partial charge in [-0.05, 0) is 39.7 Å². The van der Waals surface area contributed by atoms with Gasteiger partial charge in [0.25, 0.3) is 0 Å². The fraction of sp³-hybridized carbons (Fsp3) is 0.529. The van der Waals surface area contributed by atoms with Gasteiger partial charge in [-0.25, -0.2) is 9.78 Å². The molecule has 1 aliphatic rings. The molecule has 3 aromatic rings. The van der Waals surface area contributed by atoms with E-state index in [4.69, 9.17) is 4.74 Å². The first-order valence-electron chi connectivity index (χ1n) is 8.57. The van der Waals surface area contributed by atoms with Crippen molar-refractivity contribution in [2.45, 2.75) is 45.1 Å². The van der Waals surface area contributed by atoms with E-state index in [1.54, 1.807) is 11.1 Å². The van der Waals surface area contributed by atoms with E-state index in [2.05, 4.69) is 20.2 Å². The maximum absolute atomic E-state index is 12.4. The molecule has 1 fully saturated rings. The van der Waals surface area contributed by atoms with Crippen molar-refractivity contribution < 1.29 is 9.53 Å². The van der Waals surface area contributed by atoms with Gasteiger partial charge < -0.3 is 14.6 Å². The lowest BCUT2D eigenvalue weighted by Gasteiger charge is -2.33. The van der Waals surface area contributed by atoms with Crippen LogP contribution in [-0.4, -0.2) is 54.2 Å². The van der Waals surface area contributed by atoms with Crippen molar-refractivity contribution in [3.63, 3.8) is 0 Å². The molecule has 1 saturated heterocycles. The van der Waals surface area contributed by atoms with Crippen molar-refractivity contribution in [2.24, 2.45) is 0 Å². The highest BCUT2D eigenvalue weighted by molar-refractivity contribution is 5.74. The maximum Gasteiger partial charge on any atom is 0.410 e. The summed E-state index contributed by atoms with van der Waals surface area (Å²) in [5, 5.41) is 8.65. The van der Waals surface area contributed by atoms with E-state index in [-0.39, 0.29) is 12.0 Å². The molecular formula is C17H22N6O2. The Kier molecular flexibility index (Phi) is 3.63. The van der Waals surface area contributed by atoms with E-state index in [1.807, 2.05) is 37.4 Å². The molecule has 1 N–H and O–H groups in total. The highest BCUT2D eigenvalue weighted by atomic mass is 16.6. The molecule has 4 heterocycles.